The van der Waals surface area contributed by atoms with Crippen LogP contribution in [-0.4, -0.2) is 24.0 Å². The van der Waals surface area contributed by atoms with E-state index in [9.17, 15) is 4.39 Å². The first-order valence-corrected chi connectivity index (χ1v) is 5.89. The van der Waals surface area contributed by atoms with Crippen molar-refractivity contribution in [3.8, 4) is 0 Å². The Morgan fingerprint density at radius 2 is 2.25 bits per heavy atom. The molecule has 2 nitrogen and oxygen atoms in total. The van der Waals surface area contributed by atoms with E-state index in [2.05, 4.69) is 11.8 Å². The SMILES string of the molecule is CCN1CCC(N)C1c1cc(F)ccc1C. The van der Waals surface area contributed by atoms with Crippen molar-refractivity contribution in [2.24, 2.45) is 5.73 Å². The second kappa shape index (κ2) is 4.52. The summed E-state index contributed by atoms with van der Waals surface area (Å²) in [6.07, 6.45) is 0.995. The van der Waals surface area contributed by atoms with Crippen LogP contribution in [0.5, 0.6) is 0 Å². The van der Waals surface area contributed by atoms with Crippen molar-refractivity contribution in [1.29, 1.82) is 0 Å². The van der Waals surface area contributed by atoms with Crippen LogP contribution in [0, 0.1) is 12.7 Å². The minimum atomic E-state index is -0.171. The number of hydrogen-bond acceptors (Lipinski definition) is 2. The summed E-state index contributed by atoms with van der Waals surface area (Å²) in [6.45, 7) is 6.12. The molecule has 2 rings (SSSR count). The number of nitrogens with two attached hydrogens (primary N) is 1. The largest absolute Gasteiger partial charge is 0.326 e. The fraction of sp³-hybridized carbons (Fsp3) is 0.538. The van der Waals surface area contributed by atoms with Crippen molar-refractivity contribution >= 4 is 0 Å². The fourth-order valence-electron chi connectivity index (χ4n) is 2.59. The van der Waals surface area contributed by atoms with Gasteiger partial charge in [0, 0.05) is 12.6 Å². The standard InChI is InChI=1S/C13H19FN2/c1-3-16-7-6-12(15)13(16)11-8-10(14)5-4-9(11)2/h4-5,8,12-13H,3,6-7,15H2,1-2H3. The van der Waals surface area contributed by atoms with Crippen LogP contribution in [-0.2, 0) is 0 Å². The maximum atomic E-state index is 13.3. The molecule has 0 bridgehead atoms. The molecule has 1 aromatic carbocycles. The first-order valence-electron chi connectivity index (χ1n) is 5.89. The van der Waals surface area contributed by atoms with Crippen LogP contribution in [0.15, 0.2) is 18.2 Å². The molecule has 3 heteroatoms. The average Bonchev–Trinajstić information content (AvgIpc) is 2.63. The van der Waals surface area contributed by atoms with E-state index in [1.54, 1.807) is 6.07 Å². The predicted molar refractivity (Wildman–Crippen MR) is 63.7 cm³/mol. The van der Waals surface area contributed by atoms with Gasteiger partial charge in [-0.15, -0.1) is 0 Å². The summed E-state index contributed by atoms with van der Waals surface area (Å²) in [7, 11) is 0. The van der Waals surface area contributed by atoms with Crippen LogP contribution in [0.3, 0.4) is 0 Å². The Morgan fingerprint density at radius 1 is 1.50 bits per heavy atom. The highest BCUT2D eigenvalue weighted by molar-refractivity contribution is 5.31. The molecule has 2 atom stereocenters. The molecular weight excluding hydrogens is 203 g/mol. The number of rotatable bonds is 2. The van der Waals surface area contributed by atoms with Crippen molar-refractivity contribution < 1.29 is 4.39 Å². The highest BCUT2D eigenvalue weighted by Crippen LogP contribution is 2.32. The molecular formula is C13H19FN2. The number of hydrogen-bond donors (Lipinski definition) is 1. The molecule has 0 spiro atoms. The van der Waals surface area contributed by atoms with Crippen molar-refractivity contribution in [2.45, 2.75) is 32.4 Å². The molecule has 1 saturated heterocycles. The van der Waals surface area contributed by atoms with Gasteiger partial charge in [-0.2, -0.15) is 0 Å². The third-order valence-corrected chi connectivity index (χ3v) is 3.51. The third kappa shape index (κ3) is 1.97. The highest BCUT2D eigenvalue weighted by Gasteiger charge is 2.32. The lowest BCUT2D eigenvalue weighted by atomic mass is 9.96. The quantitative estimate of drug-likeness (QED) is 0.831. The zero-order chi connectivity index (χ0) is 11.7. The first kappa shape index (κ1) is 11.6. The van der Waals surface area contributed by atoms with Crippen LogP contribution in [0.4, 0.5) is 4.39 Å². The number of halogens is 1. The van der Waals surface area contributed by atoms with E-state index in [0.717, 1.165) is 30.6 Å². The molecule has 16 heavy (non-hydrogen) atoms. The monoisotopic (exact) mass is 222 g/mol. The van der Waals surface area contributed by atoms with Gasteiger partial charge in [-0.1, -0.05) is 13.0 Å². The Hall–Kier alpha value is -0.930. The van der Waals surface area contributed by atoms with Crippen molar-refractivity contribution in [2.75, 3.05) is 13.1 Å². The summed E-state index contributed by atoms with van der Waals surface area (Å²) in [5.74, 6) is -0.171. The van der Waals surface area contributed by atoms with Gasteiger partial charge in [0.15, 0.2) is 0 Å². The molecule has 88 valence electrons. The second-order valence-electron chi connectivity index (χ2n) is 4.53. The van der Waals surface area contributed by atoms with Crippen molar-refractivity contribution in [1.82, 2.24) is 4.90 Å². The second-order valence-corrected chi connectivity index (χ2v) is 4.53. The molecule has 1 fully saturated rings. The summed E-state index contributed by atoms with van der Waals surface area (Å²) in [5.41, 5.74) is 8.31. The van der Waals surface area contributed by atoms with Gasteiger partial charge in [-0.3, -0.25) is 4.90 Å². The van der Waals surface area contributed by atoms with E-state index in [1.165, 1.54) is 6.07 Å². The Kier molecular flexibility index (Phi) is 3.26. The number of aryl methyl sites for hydroxylation is 1. The lowest BCUT2D eigenvalue weighted by Gasteiger charge is -2.27. The minimum Gasteiger partial charge on any atom is -0.326 e. The molecule has 0 amide bonds. The normalized spacial score (nSPS) is 26.2. The summed E-state index contributed by atoms with van der Waals surface area (Å²) >= 11 is 0. The topological polar surface area (TPSA) is 29.3 Å². The molecule has 2 N–H and O–H groups in total. The Labute approximate surface area is 96.2 Å². The van der Waals surface area contributed by atoms with Gasteiger partial charge < -0.3 is 5.73 Å². The first-order chi connectivity index (χ1) is 7.63. The van der Waals surface area contributed by atoms with Crippen LogP contribution in [0.2, 0.25) is 0 Å². The van der Waals surface area contributed by atoms with E-state index in [0.29, 0.717) is 0 Å². The highest BCUT2D eigenvalue weighted by atomic mass is 19.1. The lowest BCUT2D eigenvalue weighted by molar-refractivity contribution is 0.260. The molecule has 1 aromatic rings. The Bertz CT molecular complexity index is 378. The molecule has 0 radical (unpaired) electrons. The lowest BCUT2D eigenvalue weighted by Crippen LogP contribution is -2.32. The summed E-state index contributed by atoms with van der Waals surface area (Å²) in [4.78, 5) is 2.33. The maximum absolute atomic E-state index is 13.3. The number of likely N-dealkylation sites (tertiary alicyclic amines) is 1. The summed E-state index contributed by atoms with van der Waals surface area (Å²) in [5, 5.41) is 0. The number of benzene rings is 1. The molecule has 0 aliphatic carbocycles. The van der Waals surface area contributed by atoms with Gasteiger partial charge >= 0.3 is 0 Å². The van der Waals surface area contributed by atoms with Crippen LogP contribution < -0.4 is 5.73 Å². The summed E-state index contributed by atoms with van der Waals surface area (Å²) in [6, 6.07) is 5.29. The van der Waals surface area contributed by atoms with Gasteiger partial charge in [-0.25, -0.2) is 4.39 Å². The Balaban J connectivity index is 2.37. The molecule has 2 unspecified atom stereocenters. The Morgan fingerprint density at radius 3 is 2.94 bits per heavy atom. The van der Waals surface area contributed by atoms with Gasteiger partial charge in [0.25, 0.3) is 0 Å². The van der Waals surface area contributed by atoms with E-state index in [4.69, 9.17) is 5.73 Å². The van der Waals surface area contributed by atoms with Gasteiger partial charge in [0.2, 0.25) is 0 Å². The molecule has 1 aliphatic rings. The van der Waals surface area contributed by atoms with Crippen LogP contribution >= 0.6 is 0 Å². The van der Waals surface area contributed by atoms with Gasteiger partial charge in [0.05, 0.1) is 6.04 Å². The van der Waals surface area contributed by atoms with Gasteiger partial charge in [-0.05, 0) is 43.1 Å². The maximum Gasteiger partial charge on any atom is 0.123 e. The zero-order valence-corrected chi connectivity index (χ0v) is 9.91. The molecule has 0 aromatic heterocycles. The van der Waals surface area contributed by atoms with E-state index >= 15 is 0 Å². The van der Waals surface area contributed by atoms with Crippen LogP contribution in [0.1, 0.15) is 30.5 Å². The third-order valence-electron chi connectivity index (χ3n) is 3.51. The summed E-state index contributed by atoms with van der Waals surface area (Å²) < 4.78 is 13.3. The molecule has 1 aliphatic heterocycles. The van der Waals surface area contributed by atoms with Gasteiger partial charge in [0.1, 0.15) is 5.82 Å². The number of likely N-dealkylation sites (N-methyl/N-ethyl adjacent to an activating group) is 1. The molecule has 1 heterocycles. The average molecular weight is 222 g/mol. The fourth-order valence-corrected chi connectivity index (χ4v) is 2.59. The molecule has 0 saturated carbocycles. The minimum absolute atomic E-state index is 0.125. The zero-order valence-electron chi connectivity index (χ0n) is 9.91. The predicted octanol–water partition coefficient (Wildman–Crippen LogP) is 2.23. The number of nitrogens with zero attached hydrogens (tertiary/aromatic N) is 1. The van der Waals surface area contributed by atoms with Crippen molar-refractivity contribution in [3.63, 3.8) is 0 Å². The van der Waals surface area contributed by atoms with E-state index < -0.39 is 0 Å². The van der Waals surface area contributed by atoms with Crippen molar-refractivity contribution in [3.05, 3.63) is 35.1 Å². The van der Waals surface area contributed by atoms with E-state index in [-0.39, 0.29) is 17.9 Å². The van der Waals surface area contributed by atoms with Crippen LogP contribution in [0.25, 0.3) is 0 Å². The van der Waals surface area contributed by atoms with E-state index in [1.807, 2.05) is 13.0 Å². The smallest absolute Gasteiger partial charge is 0.123 e.